The van der Waals surface area contributed by atoms with Gasteiger partial charge in [-0.15, -0.1) is 8.58 Å². The van der Waals surface area contributed by atoms with Gasteiger partial charge >= 0.3 is 0 Å². The van der Waals surface area contributed by atoms with Gasteiger partial charge in [0, 0.05) is 0 Å². The predicted octanol–water partition coefficient (Wildman–Crippen LogP) is 2.73. The van der Waals surface area contributed by atoms with Gasteiger partial charge in [0.25, 0.3) is 0 Å². The highest BCUT2D eigenvalue weighted by Gasteiger charge is 2.35. The Kier molecular flexibility index (Phi) is 2.52. The summed E-state index contributed by atoms with van der Waals surface area (Å²) >= 11 is 0. The van der Waals surface area contributed by atoms with Crippen LogP contribution >= 0.6 is 8.58 Å². The lowest BCUT2D eigenvalue weighted by atomic mass is 10.1. The Labute approximate surface area is 60.2 Å². The van der Waals surface area contributed by atoms with E-state index >= 15 is 0 Å². The molecule has 9 heavy (non-hydrogen) atoms. The van der Waals surface area contributed by atoms with Gasteiger partial charge in [0.2, 0.25) is 0 Å². The summed E-state index contributed by atoms with van der Waals surface area (Å²) in [6.07, 6.45) is 3.01. The monoisotopic (exact) mass is 144 g/mol. The number of hydrogen-bond acceptors (Lipinski definition) is 0. The molecule has 1 saturated carbocycles. The highest BCUT2D eigenvalue weighted by atomic mass is 31.1. The summed E-state index contributed by atoms with van der Waals surface area (Å²) in [5.41, 5.74) is 1.13. The van der Waals surface area contributed by atoms with E-state index in [0.29, 0.717) is 0 Å². The van der Waals surface area contributed by atoms with E-state index in [9.17, 15) is 0 Å². The molecule has 1 rings (SSSR count). The largest absolute Gasteiger partial charge is 0.122 e. The third-order valence-electron chi connectivity index (χ3n) is 2.07. The van der Waals surface area contributed by atoms with E-state index in [-0.39, 0.29) is 0 Å². The Bertz CT molecular complexity index is 88.6. The first-order valence-corrected chi connectivity index (χ1v) is 5.49. The summed E-state index contributed by atoms with van der Waals surface area (Å²) in [5, 5.41) is 0. The van der Waals surface area contributed by atoms with Gasteiger partial charge in [-0.2, -0.15) is 0 Å². The molecule has 0 nitrogen and oxygen atoms in total. The maximum absolute atomic E-state index is 2.34. The predicted molar refractivity (Wildman–Crippen MR) is 45.6 cm³/mol. The molecular formula is C8H17P. The zero-order valence-corrected chi connectivity index (χ0v) is 7.65. The van der Waals surface area contributed by atoms with Crippen LogP contribution in [0.2, 0.25) is 0 Å². The molecule has 0 aromatic heterocycles. The molecule has 0 amide bonds. The van der Waals surface area contributed by atoms with Crippen molar-refractivity contribution in [2.45, 2.75) is 32.3 Å². The van der Waals surface area contributed by atoms with Gasteiger partial charge < -0.3 is 0 Å². The minimum Gasteiger partial charge on any atom is -0.122 e. The first kappa shape index (κ1) is 7.54. The van der Waals surface area contributed by atoms with Crippen LogP contribution in [0.3, 0.4) is 0 Å². The average Bonchev–Trinajstić information content (AvgIpc) is 2.45. The van der Waals surface area contributed by atoms with Crippen LogP contribution in [0.25, 0.3) is 0 Å². The second kappa shape index (κ2) is 3.01. The summed E-state index contributed by atoms with van der Waals surface area (Å²) in [7, 11) is 1.21. The van der Waals surface area contributed by atoms with Crippen molar-refractivity contribution in [1.82, 2.24) is 0 Å². The van der Waals surface area contributed by atoms with E-state index < -0.39 is 0 Å². The van der Waals surface area contributed by atoms with Crippen LogP contribution in [0.4, 0.5) is 0 Å². The highest BCUT2D eigenvalue weighted by Crippen LogP contribution is 2.47. The zero-order chi connectivity index (χ0) is 6.85. The Morgan fingerprint density at radius 2 is 2.22 bits per heavy atom. The van der Waals surface area contributed by atoms with Gasteiger partial charge in [-0.3, -0.25) is 0 Å². The van der Waals surface area contributed by atoms with Gasteiger partial charge in [-0.05, 0) is 37.0 Å². The minimum absolute atomic E-state index is 0.927. The molecule has 0 aromatic carbocycles. The first-order valence-electron chi connectivity index (χ1n) is 3.91. The van der Waals surface area contributed by atoms with E-state index in [4.69, 9.17) is 0 Å². The topological polar surface area (TPSA) is 0 Å². The summed E-state index contributed by atoms with van der Waals surface area (Å²) in [6, 6.07) is 0. The third kappa shape index (κ3) is 2.26. The van der Waals surface area contributed by atoms with Crippen LogP contribution in [0.15, 0.2) is 0 Å². The standard InChI is InChI=1S/C8H17P/c1-6(2)4-7-5-8(7)9-3/h6-9H,4-5H2,1-3H3. The maximum Gasteiger partial charge on any atom is -0.0208 e. The highest BCUT2D eigenvalue weighted by molar-refractivity contribution is 7.38. The van der Waals surface area contributed by atoms with E-state index in [1.807, 2.05) is 0 Å². The molecule has 54 valence electrons. The maximum atomic E-state index is 2.34. The lowest BCUT2D eigenvalue weighted by molar-refractivity contribution is 0.542. The molecule has 0 aliphatic heterocycles. The van der Waals surface area contributed by atoms with E-state index in [0.717, 1.165) is 17.5 Å². The van der Waals surface area contributed by atoms with Crippen molar-refractivity contribution in [3.63, 3.8) is 0 Å². The summed E-state index contributed by atoms with van der Waals surface area (Å²) in [5.74, 6) is 2.05. The number of rotatable bonds is 3. The van der Waals surface area contributed by atoms with Crippen molar-refractivity contribution in [2.75, 3.05) is 6.66 Å². The van der Waals surface area contributed by atoms with Crippen LogP contribution in [0.5, 0.6) is 0 Å². The number of hydrogen-bond donors (Lipinski definition) is 0. The Balaban J connectivity index is 2.05. The van der Waals surface area contributed by atoms with Gasteiger partial charge in [0.1, 0.15) is 0 Å². The lowest BCUT2D eigenvalue weighted by Gasteiger charge is -2.00. The lowest BCUT2D eigenvalue weighted by Crippen LogP contribution is -1.90. The molecule has 0 N–H and O–H groups in total. The molecule has 0 heterocycles. The van der Waals surface area contributed by atoms with Gasteiger partial charge in [-0.25, -0.2) is 0 Å². The van der Waals surface area contributed by atoms with Crippen LogP contribution in [0.1, 0.15) is 26.7 Å². The zero-order valence-electron chi connectivity index (χ0n) is 6.65. The normalized spacial score (nSPS) is 34.7. The molecule has 1 fully saturated rings. The van der Waals surface area contributed by atoms with Crippen molar-refractivity contribution in [3.8, 4) is 0 Å². The summed E-state index contributed by atoms with van der Waals surface area (Å²) in [4.78, 5) is 0. The molecule has 0 bridgehead atoms. The smallest absolute Gasteiger partial charge is 0.0208 e. The molecule has 1 aliphatic carbocycles. The quantitative estimate of drug-likeness (QED) is 0.534. The Morgan fingerprint density at radius 1 is 1.56 bits per heavy atom. The molecule has 0 saturated heterocycles. The fourth-order valence-corrected chi connectivity index (χ4v) is 2.61. The van der Waals surface area contributed by atoms with Gasteiger partial charge in [-0.1, -0.05) is 13.8 Å². The molecule has 0 radical (unpaired) electrons. The van der Waals surface area contributed by atoms with Crippen LogP contribution in [-0.2, 0) is 0 Å². The first-order chi connectivity index (χ1) is 4.24. The molecule has 3 atom stereocenters. The van der Waals surface area contributed by atoms with E-state index in [2.05, 4.69) is 20.5 Å². The van der Waals surface area contributed by atoms with Crippen molar-refractivity contribution in [1.29, 1.82) is 0 Å². The van der Waals surface area contributed by atoms with Crippen molar-refractivity contribution in [3.05, 3.63) is 0 Å². The van der Waals surface area contributed by atoms with Crippen LogP contribution in [0, 0.1) is 11.8 Å². The van der Waals surface area contributed by atoms with E-state index in [1.165, 1.54) is 21.4 Å². The summed E-state index contributed by atoms with van der Waals surface area (Å²) < 4.78 is 0. The molecule has 0 aromatic rings. The second-order valence-corrected chi connectivity index (χ2v) is 4.84. The fraction of sp³-hybridized carbons (Fsp3) is 1.00. The molecule has 0 spiro atoms. The second-order valence-electron chi connectivity index (χ2n) is 3.52. The molecule has 1 heteroatoms. The van der Waals surface area contributed by atoms with Crippen molar-refractivity contribution in [2.24, 2.45) is 11.8 Å². The SMILES string of the molecule is CPC1CC1CC(C)C. The molecule has 1 aliphatic rings. The van der Waals surface area contributed by atoms with Gasteiger partial charge in [0.15, 0.2) is 0 Å². The van der Waals surface area contributed by atoms with E-state index in [1.54, 1.807) is 0 Å². The third-order valence-corrected chi connectivity index (χ3v) is 3.52. The molecule has 3 unspecified atom stereocenters. The summed E-state index contributed by atoms with van der Waals surface area (Å²) in [6.45, 7) is 6.99. The van der Waals surface area contributed by atoms with Crippen LogP contribution < -0.4 is 0 Å². The Hall–Kier alpha value is 0.430. The van der Waals surface area contributed by atoms with Crippen LogP contribution in [-0.4, -0.2) is 12.3 Å². The Morgan fingerprint density at radius 3 is 2.56 bits per heavy atom. The minimum atomic E-state index is 0.927. The van der Waals surface area contributed by atoms with Crippen molar-refractivity contribution >= 4 is 8.58 Å². The van der Waals surface area contributed by atoms with Gasteiger partial charge in [0.05, 0.1) is 0 Å². The average molecular weight is 144 g/mol. The molecular weight excluding hydrogens is 127 g/mol. The fourth-order valence-electron chi connectivity index (χ4n) is 1.47. The van der Waals surface area contributed by atoms with Crippen molar-refractivity contribution < 1.29 is 0 Å².